The van der Waals surface area contributed by atoms with Crippen LogP contribution >= 0.6 is 0 Å². The van der Waals surface area contributed by atoms with E-state index in [-0.39, 0.29) is 0 Å². The van der Waals surface area contributed by atoms with Gasteiger partial charge in [0.15, 0.2) is 0 Å². The van der Waals surface area contributed by atoms with Gasteiger partial charge in [-0.15, -0.1) is 0 Å². The largest absolute Gasteiger partial charge is 0.384 e. The van der Waals surface area contributed by atoms with Crippen LogP contribution in [0.1, 0.15) is 55.7 Å². The minimum absolute atomic E-state index is 0.596. The third-order valence-electron chi connectivity index (χ3n) is 4.96. The Morgan fingerprint density at radius 1 is 1.29 bits per heavy atom. The SMILES string of the molecule is CCCN(CCC)C1Cc2c(C#N)ccc3c2C(CN3)C1. The second-order valence-electron chi connectivity index (χ2n) is 6.37. The van der Waals surface area contributed by atoms with E-state index in [0.717, 1.165) is 18.5 Å². The van der Waals surface area contributed by atoms with Crippen LogP contribution in [0.3, 0.4) is 0 Å². The zero-order valence-corrected chi connectivity index (χ0v) is 13.2. The third-order valence-corrected chi connectivity index (χ3v) is 4.96. The van der Waals surface area contributed by atoms with Crippen LogP contribution in [-0.2, 0) is 6.42 Å². The number of anilines is 1. The highest BCUT2D eigenvalue weighted by Crippen LogP contribution is 2.43. The van der Waals surface area contributed by atoms with Crippen molar-refractivity contribution in [3.63, 3.8) is 0 Å². The maximum Gasteiger partial charge on any atom is 0.0994 e. The van der Waals surface area contributed by atoms with Crippen molar-refractivity contribution in [2.45, 2.75) is 51.5 Å². The van der Waals surface area contributed by atoms with Gasteiger partial charge in [0.05, 0.1) is 11.6 Å². The van der Waals surface area contributed by atoms with Crippen molar-refractivity contribution in [2.75, 3.05) is 25.0 Å². The zero-order chi connectivity index (χ0) is 14.8. The molecule has 3 rings (SSSR count). The van der Waals surface area contributed by atoms with Crippen LogP contribution < -0.4 is 5.32 Å². The van der Waals surface area contributed by atoms with Crippen LogP contribution in [0, 0.1) is 11.3 Å². The molecule has 1 aliphatic carbocycles. The standard InChI is InChI=1S/C18H25N3/c1-3-7-21(8-4-2)15-9-14-12-20-17-6-5-13(11-19)16(10-15)18(14)17/h5-6,14-15,20H,3-4,7-10,12H2,1-2H3. The van der Waals surface area contributed by atoms with Gasteiger partial charge in [-0.25, -0.2) is 0 Å². The summed E-state index contributed by atoms with van der Waals surface area (Å²) < 4.78 is 0. The molecule has 0 amide bonds. The van der Waals surface area contributed by atoms with Gasteiger partial charge >= 0.3 is 0 Å². The summed E-state index contributed by atoms with van der Waals surface area (Å²) in [5.74, 6) is 0.596. The monoisotopic (exact) mass is 283 g/mol. The molecule has 1 aliphatic heterocycles. The number of nitrogens with zero attached hydrogens (tertiary/aromatic N) is 2. The van der Waals surface area contributed by atoms with Crippen molar-refractivity contribution >= 4 is 5.69 Å². The summed E-state index contributed by atoms with van der Waals surface area (Å²) in [5.41, 5.74) is 4.92. The molecule has 0 saturated heterocycles. The minimum atomic E-state index is 0.596. The van der Waals surface area contributed by atoms with Crippen molar-refractivity contribution < 1.29 is 0 Å². The molecule has 0 spiro atoms. The van der Waals surface area contributed by atoms with Crippen LogP contribution in [0.5, 0.6) is 0 Å². The lowest BCUT2D eigenvalue weighted by Crippen LogP contribution is -2.41. The average Bonchev–Trinajstić information content (AvgIpc) is 2.92. The summed E-state index contributed by atoms with van der Waals surface area (Å²) in [6, 6.07) is 7.10. The summed E-state index contributed by atoms with van der Waals surface area (Å²) in [5, 5.41) is 13.0. The van der Waals surface area contributed by atoms with Gasteiger partial charge in [0.25, 0.3) is 0 Å². The molecule has 0 fully saturated rings. The van der Waals surface area contributed by atoms with Gasteiger partial charge in [0.1, 0.15) is 0 Å². The summed E-state index contributed by atoms with van der Waals surface area (Å²) in [6.45, 7) is 7.91. The lowest BCUT2D eigenvalue weighted by Gasteiger charge is -2.37. The Morgan fingerprint density at radius 2 is 2.05 bits per heavy atom. The van der Waals surface area contributed by atoms with Crippen LogP contribution in [0.2, 0.25) is 0 Å². The molecule has 112 valence electrons. The Balaban J connectivity index is 1.92. The molecule has 2 atom stereocenters. The van der Waals surface area contributed by atoms with Gasteiger partial charge in [0, 0.05) is 24.2 Å². The number of benzene rings is 1. The fourth-order valence-corrected chi connectivity index (χ4v) is 4.12. The second kappa shape index (κ2) is 6.07. The molecule has 0 bridgehead atoms. The van der Waals surface area contributed by atoms with Gasteiger partial charge in [-0.05, 0) is 62.0 Å². The fraction of sp³-hybridized carbons (Fsp3) is 0.611. The van der Waals surface area contributed by atoms with Crippen LogP contribution in [0.15, 0.2) is 12.1 Å². The molecular formula is C18H25N3. The van der Waals surface area contributed by atoms with Crippen molar-refractivity contribution in [2.24, 2.45) is 0 Å². The Labute approximate surface area is 128 Å². The van der Waals surface area contributed by atoms with Crippen molar-refractivity contribution in [1.82, 2.24) is 4.90 Å². The van der Waals surface area contributed by atoms with E-state index in [1.165, 1.54) is 49.2 Å². The Hall–Kier alpha value is -1.53. The normalized spacial score (nSPS) is 22.8. The molecule has 3 heteroatoms. The number of nitrogens with one attached hydrogen (secondary N) is 1. The van der Waals surface area contributed by atoms with E-state index in [2.05, 4.69) is 36.2 Å². The number of rotatable bonds is 5. The molecule has 1 aromatic carbocycles. The highest BCUT2D eigenvalue weighted by Gasteiger charge is 2.36. The molecule has 1 aromatic rings. The van der Waals surface area contributed by atoms with Crippen LogP contribution in [0.25, 0.3) is 0 Å². The van der Waals surface area contributed by atoms with Crippen molar-refractivity contribution in [1.29, 1.82) is 5.26 Å². The molecule has 0 aromatic heterocycles. The van der Waals surface area contributed by atoms with Crippen molar-refractivity contribution in [3.05, 3.63) is 28.8 Å². The van der Waals surface area contributed by atoms with Crippen LogP contribution in [0.4, 0.5) is 5.69 Å². The van der Waals surface area contributed by atoms with E-state index in [4.69, 9.17) is 0 Å². The number of hydrogen-bond donors (Lipinski definition) is 1. The first-order chi connectivity index (χ1) is 10.3. The van der Waals surface area contributed by atoms with Gasteiger partial charge in [-0.1, -0.05) is 13.8 Å². The Kier molecular flexibility index (Phi) is 4.17. The summed E-state index contributed by atoms with van der Waals surface area (Å²) in [4.78, 5) is 2.65. The quantitative estimate of drug-likeness (QED) is 0.899. The number of nitriles is 1. The molecule has 1 heterocycles. The maximum atomic E-state index is 9.44. The smallest absolute Gasteiger partial charge is 0.0994 e. The van der Waals surface area contributed by atoms with E-state index in [1.807, 2.05) is 6.07 Å². The first kappa shape index (κ1) is 14.4. The van der Waals surface area contributed by atoms with Crippen LogP contribution in [-0.4, -0.2) is 30.6 Å². The fourth-order valence-electron chi connectivity index (χ4n) is 4.12. The lowest BCUT2D eigenvalue weighted by molar-refractivity contribution is 0.172. The van der Waals surface area contributed by atoms with Gasteiger partial charge in [0.2, 0.25) is 0 Å². The first-order valence-corrected chi connectivity index (χ1v) is 8.32. The highest BCUT2D eigenvalue weighted by atomic mass is 15.2. The van der Waals surface area contributed by atoms with Gasteiger partial charge in [-0.3, -0.25) is 0 Å². The number of hydrogen-bond acceptors (Lipinski definition) is 3. The summed E-state index contributed by atoms with van der Waals surface area (Å²) in [7, 11) is 0. The molecular weight excluding hydrogens is 258 g/mol. The van der Waals surface area contributed by atoms with E-state index < -0.39 is 0 Å². The summed E-state index contributed by atoms with van der Waals surface area (Å²) >= 11 is 0. The molecule has 3 nitrogen and oxygen atoms in total. The van der Waals surface area contributed by atoms with E-state index in [0.29, 0.717) is 12.0 Å². The van der Waals surface area contributed by atoms with E-state index in [9.17, 15) is 5.26 Å². The summed E-state index contributed by atoms with van der Waals surface area (Å²) in [6.07, 6.45) is 4.70. The molecule has 2 unspecified atom stereocenters. The topological polar surface area (TPSA) is 39.1 Å². The Morgan fingerprint density at radius 3 is 2.71 bits per heavy atom. The lowest BCUT2D eigenvalue weighted by atomic mass is 9.78. The van der Waals surface area contributed by atoms with Gasteiger partial charge < -0.3 is 10.2 Å². The predicted molar refractivity (Wildman–Crippen MR) is 86.7 cm³/mol. The Bertz CT molecular complexity index is 552. The van der Waals surface area contributed by atoms with Crippen molar-refractivity contribution in [3.8, 4) is 6.07 Å². The highest BCUT2D eigenvalue weighted by molar-refractivity contribution is 5.65. The molecule has 21 heavy (non-hydrogen) atoms. The minimum Gasteiger partial charge on any atom is -0.384 e. The predicted octanol–water partition coefficient (Wildman–Crippen LogP) is 3.50. The molecule has 0 radical (unpaired) electrons. The maximum absolute atomic E-state index is 9.44. The zero-order valence-electron chi connectivity index (χ0n) is 13.2. The molecule has 1 N–H and O–H groups in total. The first-order valence-electron chi connectivity index (χ1n) is 8.32. The average molecular weight is 283 g/mol. The second-order valence-corrected chi connectivity index (χ2v) is 6.37. The van der Waals surface area contributed by atoms with Gasteiger partial charge in [-0.2, -0.15) is 5.26 Å². The molecule has 0 saturated carbocycles. The van der Waals surface area contributed by atoms with E-state index in [1.54, 1.807) is 0 Å². The molecule has 2 aliphatic rings. The van der Waals surface area contributed by atoms with E-state index >= 15 is 0 Å². The third kappa shape index (κ3) is 2.53.